The van der Waals surface area contributed by atoms with Gasteiger partial charge in [-0.2, -0.15) is 0 Å². The number of rotatable bonds is 5. The lowest BCUT2D eigenvalue weighted by molar-refractivity contribution is -0.121. The van der Waals surface area contributed by atoms with E-state index in [1.807, 2.05) is 0 Å². The summed E-state index contributed by atoms with van der Waals surface area (Å²) in [6, 6.07) is 5.35. The van der Waals surface area contributed by atoms with Gasteiger partial charge in [-0.1, -0.05) is 11.6 Å². The Hall–Kier alpha value is -3.17. The minimum atomic E-state index is -0.556. The molecule has 2 fully saturated rings. The summed E-state index contributed by atoms with van der Waals surface area (Å²) in [6.45, 7) is 2.33. The van der Waals surface area contributed by atoms with E-state index in [9.17, 15) is 9.59 Å². The summed E-state index contributed by atoms with van der Waals surface area (Å²) in [5.41, 5.74) is 7.18. The second-order valence-corrected chi connectivity index (χ2v) is 9.41. The van der Waals surface area contributed by atoms with E-state index in [1.54, 1.807) is 18.2 Å². The van der Waals surface area contributed by atoms with Crippen molar-refractivity contribution in [3.05, 3.63) is 41.4 Å². The number of nitrogen functional groups attached to an aromatic ring is 1. The van der Waals surface area contributed by atoms with Crippen LogP contribution in [0.15, 0.2) is 35.0 Å². The fourth-order valence-corrected chi connectivity index (χ4v) is 5.04. The van der Waals surface area contributed by atoms with E-state index in [4.69, 9.17) is 21.8 Å². The topological polar surface area (TPSA) is 126 Å². The number of anilines is 3. The SMILES string of the molecule is Nc1cnc2c(NC(=O)[C@H]3CC[C@H](N4CCCC4)CC3)c(C(=O)Nc3ccc(Cl)cn3)oc2c1. The molecule has 34 heavy (non-hydrogen) atoms. The molecule has 0 unspecified atom stereocenters. The maximum absolute atomic E-state index is 13.2. The molecule has 3 aromatic rings. The Kier molecular flexibility index (Phi) is 6.38. The van der Waals surface area contributed by atoms with Crippen LogP contribution in [0.3, 0.4) is 0 Å². The number of pyridine rings is 2. The first-order chi connectivity index (χ1) is 16.5. The molecule has 5 rings (SSSR count). The fraction of sp³-hybridized carbons (Fsp3) is 0.417. The van der Waals surface area contributed by atoms with Crippen molar-refractivity contribution in [2.45, 2.75) is 44.6 Å². The van der Waals surface area contributed by atoms with Crippen molar-refractivity contribution in [1.29, 1.82) is 0 Å². The van der Waals surface area contributed by atoms with E-state index < -0.39 is 5.91 Å². The van der Waals surface area contributed by atoms with E-state index in [2.05, 4.69) is 25.5 Å². The van der Waals surface area contributed by atoms with Gasteiger partial charge in [-0.05, 0) is 63.7 Å². The zero-order chi connectivity index (χ0) is 23.7. The van der Waals surface area contributed by atoms with Crippen LogP contribution in [0.4, 0.5) is 17.2 Å². The maximum atomic E-state index is 13.2. The van der Waals surface area contributed by atoms with Crippen LogP contribution in [0, 0.1) is 5.92 Å². The second-order valence-electron chi connectivity index (χ2n) is 8.98. The Morgan fingerprint density at radius 2 is 1.82 bits per heavy atom. The molecule has 4 heterocycles. The summed E-state index contributed by atoms with van der Waals surface area (Å²) >= 11 is 5.87. The van der Waals surface area contributed by atoms with Gasteiger partial charge in [-0.25, -0.2) is 9.97 Å². The van der Waals surface area contributed by atoms with E-state index in [-0.39, 0.29) is 23.3 Å². The van der Waals surface area contributed by atoms with Crippen molar-refractivity contribution >= 4 is 51.7 Å². The quantitative estimate of drug-likeness (QED) is 0.494. The molecule has 10 heteroatoms. The van der Waals surface area contributed by atoms with Crippen LogP contribution < -0.4 is 16.4 Å². The van der Waals surface area contributed by atoms with Gasteiger partial charge in [0.1, 0.15) is 17.0 Å². The summed E-state index contributed by atoms with van der Waals surface area (Å²) in [7, 11) is 0. The van der Waals surface area contributed by atoms with Crippen LogP contribution in [0.2, 0.25) is 5.02 Å². The lowest BCUT2D eigenvalue weighted by Crippen LogP contribution is -2.38. The molecule has 1 aliphatic heterocycles. The molecule has 2 aliphatic rings. The Morgan fingerprint density at radius 1 is 1.06 bits per heavy atom. The lowest BCUT2D eigenvalue weighted by atomic mass is 9.85. The molecule has 4 N–H and O–H groups in total. The average Bonchev–Trinajstić information content (AvgIpc) is 3.49. The highest BCUT2D eigenvalue weighted by Crippen LogP contribution is 2.34. The van der Waals surface area contributed by atoms with Crippen molar-refractivity contribution in [3.8, 4) is 0 Å². The van der Waals surface area contributed by atoms with Crippen LogP contribution in [-0.4, -0.2) is 45.8 Å². The van der Waals surface area contributed by atoms with Crippen molar-refractivity contribution in [2.24, 2.45) is 5.92 Å². The van der Waals surface area contributed by atoms with Gasteiger partial charge >= 0.3 is 0 Å². The predicted octanol–water partition coefficient (Wildman–Crippen LogP) is 4.30. The monoisotopic (exact) mass is 482 g/mol. The molecular weight excluding hydrogens is 456 g/mol. The number of nitrogens with one attached hydrogen (secondary N) is 2. The molecule has 2 amide bonds. The summed E-state index contributed by atoms with van der Waals surface area (Å²) in [5, 5.41) is 6.06. The number of likely N-dealkylation sites (tertiary alicyclic amines) is 1. The van der Waals surface area contributed by atoms with Gasteiger partial charge in [0.15, 0.2) is 5.58 Å². The number of aromatic nitrogens is 2. The number of hydrogen-bond acceptors (Lipinski definition) is 7. The second kappa shape index (κ2) is 9.60. The number of nitrogens with two attached hydrogens (primary N) is 1. The number of furan rings is 1. The normalized spacial score (nSPS) is 21.0. The fourth-order valence-electron chi connectivity index (χ4n) is 4.93. The average molecular weight is 483 g/mol. The van der Waals surface area contributed by atoms with E-state index in [1.165, 1.54) is 25.2 Å². The molecule has 1 saturated carbocycles. The molecule has 0 aromatic carbocycles. The van der Waals surface area contributed by atoms with E-state index in [0.29, 0.717) is 33.7 Å². The molecule has 178 valence electrons. The number of halogens is 1. The molecule has 3 aromatic heterocycles. The third-order valence-electron chi connectivity index (χ3n) is 6.70. The van der Waals surface area contributed by atoms with Crippen LogP contribution >= 0.6 is 11.6 Å². The van der Waals surface area contributed by atoms with Gasteiger partial charge < -0.3 is 25.7 Å². The molecular formula is C24H27ClN6O3. The predicted molar refractivity (Wildman–Crippen MR) is 131 cm³/mol. The molecule has 0 bridgehead atoms. The highest BCUT2D eigenvalue weighted by molar-refractivity contribution is 6.30. The Morgan fingerprint density at radius 3 is 2.53 bits per heavy atom. The maximum Gasteiger partial charge on any atom is 0.294 e. The summed E-state index contributed by atoms with van der Waals surface area (Å²) in [5.74, 6) is -0.547. The van der Waals surface area contributed by atoms with Gasteiger partial charge in [0.05, 0.1) is 16.9 Å². The minimum absolute atomic E-state index is 0.0519. The standard InChI is InChI=1S/C24H27ClN6O3/c25-15-5-8-19(27-12-15)29-24(33)22-21(20-18(34-22)11-16(26)13-28-20)30-23(32)14-3-6-17(7-4-14)31-9-1-2-10-31/h5,8,11-14,17H,1-4,6-7,9-10,26H2,(H,30,32)(H,27,29,33)/t14-,17-. The van der Waals surface area contributed by atoms with Gasteiger partial charge in [0.2, 0.25) is 11.7 Å². The number of carbonyl (C=O) groups is 2. The molecule has 1 aliphatic carbocycles. The zero-order valence-electron chi connectivity index (χ0n) is 18.7. The van der Waals surface area contributed by atoms with Gasteiger partial charge in [-0.3, -0.25) is 9.59 Å². The van der Waals surface area contributed by atoms with Crippen molar-refractivity contribution in [1.82, 2.24) is 14.9 Å². The van der Waals surface area contributed by atoms with Gasteiger partial charge in [-0.15, -0.1) is 0 Å². The summed E-state index contributed by atoms with van der Waals surface area (Å²) < 4.78 is 5.78. The van der Waals surface area contributed by atoms with Crippen molar-refractivity contribution in [2.75, 3.05) is 29.5 Å². The molecule has 0 spiro atoms. The largest absolute Gasteiger partial charge is 0.447 e. The lowest BCUT2D eigenvalue weighted by Gasteiger charge is -2.33. The smallest absolute Gasteiger partial charge is 0.294 e. The summed E-state index contributed by atoms with van der Waals surface area (Å²) in [4.78, 5) is 37.2. The van der Waals surface area contributed by atoms with Crippen LogP contribution in [0.5, 0.6) is 0 Å². The first-order valence-corrected chi connectivity index (χ1v) is 12.0. The Bertz CT molecular complexity index is 1200. The van der Waals surface area contributed by atoms with Gasteiger partial charge in [0.25, 0.3) is 5.91 Å². The van der Waals surface area contributed by atoms with Crippen LogP contribution in [-0.2, 0) is 4.79 Å². The van der Waals surface area contributed by atoms with Crippen molar-refractivity contribution in [3.63, 3.8) is 0 Å². The van der Waals surface area contributed by atoms with Crippen molar-refractivity contribution < 1.29 is 14.0 Å². The number of nitrogens with zero attached hydrogens (tertiary/aromatic N) is 3. The minimum Gasteiger partial charge on any atom is -0.447 e. The van der Waals surface area contributed by atoms with E-state index in [0.717, 1.165) is 38.8 Å². The Labute approximate surface area is 202 Å². The van der Waals surface area contributed by atoms with Crippen LogP contribution in [0.25, 0.3) is 11.1 Å². The zero-order valence-corrected chi connectivity index (χ0v) is 19.5. The van der Waals surface area contributed by atoms with Crippen LogP contribution in [0.1, 0.15) is 49.1 Å². The molecule has 0 radical (unpaired) electrons. The number of carbonyl (C=O) groups excluding carboxylic acids is 2. The highest BCUT2D eigenvalue weighted by Gasteiger charge is 2.32. The first kappa shape index (κ1) is 22.6. The molecule has 9 nitrogen and oxygen atoms in total. The molecule has 1 saturated heterocycles. The Balaban J connectivity index is 1.34. The number of fused-ring (bicyclic) bond motifs is 1. The highest BCUT2D eigenvalue weighted by atomic mass is 35.5. The first-order valence-electron chi connectivity index (χ1n) is 11.6. The number of hydrogen-bond donors (Lipinski definition) is 3. The molecule has 0 atom stereocenters. The third-order valence-corrected chi connectivity index (χ3v) is 6.92. The third kappa shape index (κ3) is 4.71. The number of amides is 2. The van der Waals surface area contributed by atoms with E-state index >= 15 is 0 Å². The summed E-state index contributed by atoms with van der Waals surface area (Å²) in [6.07, 6.45) is 9.09. The van der Waals surface area contributed by atoms with Gasteiger partial charge in [0, 0.05) is 24.2 Å².